The number of rotatable bonds is 10. The quantitative estimate of drug-likeness (QED) is 0.484. The summed E-state index contributed by atoms with van der Waals surface area (Å²) in [7, 11) is 2.14. The highest BCUT2D eigenvalue weighted by atomic mass is 32.1. The van der Waals surface area contributed by atoms with Crippen molar-refractivity contribution in [3.63, 3.8) is 0 Å². The molecule has 148 valence electrons. The zero-order valence-corrected chi connectivity index (χ0v) is 17.9. The molecule has 0 atom stereocenters. The summed E-state index contributed by atoms with van der Waals surface area (Å²) >= 11 is 1.80. The maximum Gasteiger partial charge on any atom is 0.191 e. The van der Waals surface area contributed by atoms with Crippen LogP contribution in [0.15, 0.2) is 35.5 Å². The third kappa shape index (κ3) is 7.69. The second-order valence-corrected chi connectivity index (χ2v) is 7.80. The molecule has 0 bridgehead atoms. The predicted molar refractivity (Wildman–Crippen MR) is 116 cm³/mol. The summed E-state index contributed by atoms with van der Waals surface area (Å²) in [5, 5.41) is 7.93. The number of aliphatic imine (C=N–C) groups is 1. The third-order valence-corrected chi connectivity index (χ3v) is 5.53. The number of benzene rings is 1. The molecule has 0 aliphatic carbocycles. The lowest BCUT2D eigenvalue weighted by Gasteiger charge is -2.14. The Labute approximate surface area is 167 Å². The summed E-state index contributed by atoms with van der Waals surface area (Å²) in [5.41, 5.74) is 2.57. The first-order valence-corrected chi connectivity index (χ1v) is 10.7. The van der Waals surface area contributed by atoms with E-state index in [0.717, 1.165) is 45.0 Å². The minimum absolute atomic E-state index is 0.677. The molecule has 6 heteroatoms. The molecule has 0 aliphatic heterocycles. The van der Waals surface area contributed by atoms with Gasteiger partial charge in [-0.3, -0.25) is 0 Å². The van der Waals surface area contributed by atoms with Crippen LogP contribution in [0.1, 0.15) is 41.8 Å². The van der Waals surface area contributed by atoms with Crippen LogP contribution in [0.2, 0.25) is 0 Å². The van der Waals surface area contributed by atoms with Crippen LogP contribution in [0, 0.1) is 0 Å². The van der Waals surface area contributed by atoms with Crippen LogP contribution in [0.3, 0.4) is 0 Å². The van der Waals surface area contributed by atoms with Crippen molar-refractivity contribution in [3.8, 4) is 0 Å². The maximum absolute atomic E-state index is 4.74. The van der Waals surface area contributed by atoms with Gasteiger partial charge in [0.15, 0.2) is 5.96 Å². The topological polar surface area (TPSA) is 52.6 Å². The Morgan fingerprint density at radius 1 is 1.19 bits per heavy atom. The number of nitrogens with zero attached hydrogens (tertiary/aromatic N) is 3. The smallest absolute Gasteiger partial charge is 0.191 e. The minimum Gasteiger partial charge on any atom is -0.357 e. The molecule has 27 heavy (non-hydrogen) atoms. The van der Waals surface area contributed by atoms with Crippen molar-refractivity contribution in [1.82, 2.24) is 20.5 Å². The summed E-state index contributed by atoms with van der Waals surface area (Å²) in [4.78, 5) is 12.9. The fourth-order valence-electron chi connectivity index (χ4n) is 2.68. The van der Waals surface area contributed by atoms with Crippen LogP contribution in [0.4, 0.5) is 0 Å². The van der Waals surface area contributed by atoms with Crippen LogP contribution in [0.25, 0.3) is 0 Å². The molecule has 0 fully saturated rings. The molecule has 0 unspecified atom stereocenters. The molecule has 2 rings (SSSR count). The lowest BCUT2D eigenvalue weighted by Crippen LogP contribution is -2.38. The van der Waals surface area contributed by atoms with Crippen molar-refractivity contribution in [3.05, 3.63) is 51.5 Å². The van der Waals surface area contributed by atoms with Crippen molar-refractivity contribution in [2.45, 2.75) is 46.7 Å². The molecule has 0 saturated carbocycles. The van der Waals surface area contributed by atoms with E-state index in [-0.39, 0.29) is 0 Å². The van der Waals surface area contributed by atoms with Crippen molar-refractivity contribution < 1.29 is 0 Å². The highest BCUT2D eigenvalue weighted by molar-refractivity contribution is 7.11. The molecule has 1 heterocycles. The van der Waals surface area contributed by atoms with E-state index in [4.69, 9.17) is 4.99 Å². The molecule has 5 nitrogen and oxygen atoms in total. The van der Waals surface area contributed by atoms with Gasteiger partial charge < -0.3 is 15.5 Å². The Morgan fingerprint density at radius 3 is 2.70 bits per heavy atom. The number of aromatic nitrogens is 1. The normalized spacial score (nSPS) is 11.8. The van der Waals surface area contributed by atoms with Gasteiger partial charge in [0, 0.05) is 37.1 Å². The van der Waals surface area contributed by atoms with Gasteiger partial charge in [0.2, 0.25) is 0 Å². The largest absolute Gasteiger partial charge is 0.357 e. The molecular formula is C21H33N5S. The van der Waals surface area contributed by atoms with Gasteiger partial charge >= 0.3 is 0 Å². The molecule has 2 aromatic rings. The fourth-order valence-corrected chi connectivity index (χ4v) is 3.54. The second-order valence-electron chi connectivity index (χ2n) is 6.60. The van der Waals surface area contributed by atoms with E-state index in [1.807, 2.05) is 6.20 Å². The molecule has 0 aliphatic rings. The number of thiazole rings is 1. The highest BCUT2D eigenvalue weighted by Crippen LogP contribution is 2.13. The molecule has 1 aromatic heterocycles. The Balaban J connectivity index is 1.89. The zero-order chi connectivity index (χ0) is 19.5. The van der Waals surface area contributed by atoms with E-state index in [0.29, 0.717) is 6.54 Å². The lowest BCUT2D eigenvalue weighted by molar-refractivity contribution is 0.345. The van der Waals surface area contributed by atoms with Crippen molar-refractivity contribution >= 4 is 17.3 Å². The maximum atomic E-state index is 4.74. The Morgan fingerprint density at radius 2 is 2.00 bits per heavy atom. The number of guanidine groups is 1. The number of nitrogens with one attached hydrogen (secondary N) is 2. The van der Waals surface area contributed by atoms with E-state index < -0.39 is 0 Å². The molecule has 1 aromatic carbocycles. The summed E-state index contributed by atoms with van der Waals surface area (Å²) in [5.74, 6) is 0.862. The van der Waals surface area contributed by atoms with Gasteiger partial charge in [0.05, 0.1) is 11.6 Å². The van der Waals surface area contributed by atoms with Gasteiger partial charge in [-0.15, -0.1) is 11.3 Å². The van der Waals surface area contributed by atoms with Gasteiger partial charge in [0.25, 0.3) is 0 Å². The minimum atomic E-state index is 0.677. The van der Waals surface area contributed by atoms with E-state index >= 15 is 0 Å². The zero-order valence-electron chi connectivity index (χ0n) is 17.1. The summed E-state index contributed by atoms with van der Waals surface area (Å²) in [6.45, 7) is 10.8. The number of aryl methyl sites for hydroxylation is 1. The van der Waals surface area contributed by atoms with Crippen LogP contribution in [0.5, 0.6) is 0 Å². The van der Waals surface area contributed by atoms with Crippen LogP contribution in [-0.4, -0.2) is 42.5 Å². The first-order valence-electron chi connectivity index (χ1n) is 9.86. The van der Waals surface area contributed by atoms with Crippen LogP contribution >= 0.6 is 11.3 Å². The van der Waals surface area contributed by atoms with Gasteiger partial charge in [0.1, 0.15) is 0 Å². The van der Waals surface area contributed by atoms with Gasteiger partial charge in [-0.05, 0) is 38.1 Å². The van der Waals surface area contributed by atoms with E-state index in [1.54, 1.807) is 11.3 Å². The predicted octanol–water partition coefficient (Wildman–Crippen LogP) is 3.46. The third-order valence-electron chi connectivity index (χ3n) is 4.33. The van der Waals surface area contributed by atoms with E-state index in [9.17, 15) is 0 Å². The van der Waals surface area contributed by atoms with Gasteiger partial charge in [-0.2, -0.15) is 0 Å². The number of hydrogen-bond donors (Lipinski definition) is 2. The van der Waals surface area contributed by atoms with Crippen LogP contribution < -0.4 is 10.6 Å². The van der Waals surface area contributed by atoms with Gasteiger partial charge in [-0.1, -0.05) is 38.1 Å². The highest BCUT2D eigenvalue weighted by Gasteiger charge is 2.03. The SMILES string of the molecule is CCNC(=NCc1cccc(CN(C)CC)c1)NCCc1ncc(CC)s1. The summed E-state index contributed by atoms with van der Waals surface area (Å²) in [6.07, 6.45) is 3.97. The second kappa shape index (κ2) is 11.7. The first kappa shape index (κ1) is 21.4. The molecular weight excluding hydrogens is 354 g/mol. The van der Waals surface area contributed by atoms with Gasteiger partial charge in [-0.25, -0.2) is 9.98 Å². The van der Waals surface area contributed by atoms with Crippen molar-refractivity contribution in [1.29, 1.82) is 0 Å². The monoisotopic (exact) mass is 387 g/mol. The number of hydrogen-bond acceptors (Lipinski definition) is 4. The fraction of sp³-hybridized carbons (Fsp3) is 0.524. The molecule has 0 radical (unpaired) electrons. The van der Waals surface area contributed by atoms with E-state index in [2.05, 4.69) is 72.6 Å². The summed E-state index contributed by atoms with van der Waals surface area (Å²) in [6, 6.07) is 8.70. The Kier molecular flexibility index (Phi) is 9.28. The van der Waals surface area contributed by atoms with Crippen molar-refractivity contribution in [2.24, 2.45) is 4.99 Å². The Bertz CT molecular complexity index is 710. The lowest BCUT2D eigenvalue weighted by atomic mass is 10.1. The summed E-state index contributed by atoms with van der Waals surface area (Å²) < 4.78 is 0. The molecule has 0 saturated heterocycles. The molecule has 2 N–H and O–H groups in total. The van der Waals surface area contributed by atoms with E-state index in [1.165, 1.54) is 21.0 Å². The molecule has 0 spiro atoms. The standard InChI is InChI=1S/C21H33N5S/c1-5-19-15-24-20(27-19)11-12-23-21(22-6-2)25-14-17-9-8-10-18(13-17)16-26(4)7-3/h8-10,13,15H,5-7,11-12,14,16H2,1-4H3,(H2,22,23,25). The van der Waals surface area contributed by atoms with Crippen molar-refractivity contribution in [2.75, 3.05) is 26.7 Å². The van der Waals surface area contributed by atoms with Crippen LogP contribution in [-0.2, 0) is 25.9 Å². The average molecular weight is 388 g/mol. The average Bonchev–Trinajstić information content (AvgIpc) is 3.14. The Hall–Kier alpha value is -1.92. The molecule has 0 amide bonds. The first-order chi connectivity index (χ1) is 13.1.